The largest absolute Gasteiger partial charge is 0.466 e. The van der Waals surface area contributed by atoms with Crippen LogP contribution in [0.3, 0.4) is 0 Å². The molecule has 0 aliphatic carbocycles. The van der Waals surface area contributed by atoms with Crippen LogP contribution >= 0.6 is 0 Å². The van der Waals surface area contributed by atoms with E-state index < -0.39 is 4.92 Å². The quantitative estimate of drug-likeness (QED) is 0.438. The number of hydrogen-bond acceptors (Lipinski definition) is 8. The molecule has 0 spiro atoms. The molecule has 0 saturated carbocycles. The summed E-state index contributed by atoms with van der Waals surface area (Å²) in [6, 6.07) is 0. The molecular formula is C18H27N5O4. The molecule has 0 amide bonds. The standard InChI is InChI=1S/C18H27N5O4/c1-3-27-18(24)14-5-4-8-22(11-14)17-15(23(25)26)16(19-12-20-17)21-9-6-13(2)7-10-21/h12-14H,3-11H2,1-2H3. The first-order chi connectivity index (χ1) is 13.0. The highest BCUT2D eigenvalue weighted by atomic mass is 16.6. The monoisotopic (exact) mass is 377 g/mol. The summed E-state index contributed by atoms with van der Waals surface area (Å²) >= 11 is 0. The number of nitrogens with zero attached hydrogens (tertiary/aromatic N) is 5. The van der Waals surface area contributed by atoms with E-state index in [1.807, 2.05) is 9.80 Å². The van der Waals surface area contributed by atoms with E-state index in [4.69, 9.17) is 4.74 Å². The van der Waals surface area contributed by atoms with E-state index in [0.29, 0.717) is 37.3 Å². The molecule has 0 aromatic carbocycles. The molecular weight excluding hydrogens is 350 g/mol. The van der Waals surface area contributed by atoms with E-state index in [1.165, 1.54) is 6.33 Å². The van der Waals surface area contributed by atoms with Crippen LogP contribution < -0.4 is 9.80 Å². The van der Waals surface area contributed by atoms with Gasteiger partial charge in [0.15, 0.2) is 0 Å². The molecule has 27 heavy (non-hydrogen) atoms. The van der Waals surface area contributed by atoms with Gasteiger partial charge in [0, 0.05) is 26.2 Å². The zero-order valence-corrected chi connectivity index (χ0v) is 16.0. The third-order valence-electron chi connectivity index (χ3n) is 5.39. The number of ether oxygens (including phenoxy) is 1. The number of rotatable bonds is 5. The van der Waals surface area contributed by atoms with Gasteiger partial charge in [0.05, 0.1) is 17.4 Å². The lowest BCUT2D eigenvalue weighted by molar-refractivity contribution is -0.383. The minimum atomic E-state index is -0.392. The topological polar surface area (TPSA) is 102 Å². The lowest BCUT2D eigenvalue weighted by Crippen LogP contribution is -2.40. The average Bonchev–Trinajstić information content (AvgIpc) is 2.68. The Hall–Kier alpha value is -2.45. The van der Waals surface area contributed by atoms with Gasteiger partial charge in [-0.1, -0.05) is 6.92 Å². The second-order valence-electron chi connectivity index (χ2n) is 7.33. The first kappa shape index (κ1) is 19.3. The number of anilines is 2. The van der Waals surface area contributed by atoms with Gasteiger partial charge >= 0.3 is 11.7 Å². The summed E-state index contributed by atoms with van der Waals surface area (Å²) < 4.78 is 5.13. The van der Waals surface area contributed by atoms with Gasteiger partial charge in [0.2, 0.25) is 11.6 Å². The average molecular weight is 377 g/mol. The molecule has 0 bridgehead atoms. The second-order valence-corrected chi connectivity index (χ2v) is 7.33. The van der Waals surface area contributed by atoms with Crippen molar-refractivity contribution >= 4 is 23.3 Å². The Balaban J connectivity index is 1.87. The molecule has 2 aliphatic rings. The summed E-state index contributed by atoms with van der Waals surface area (Å²) in [4.78, 5) is 35.9. The second kappa shape index (κ2) is 8.49. The Morgan fingerprint density at radius 1 is 1.22 bits per heavy atom. The number of hydrogen-bond donors (Lipinski definition) is 0. The third-order valence-corrected chi connectivity index (χ3v) is 5.39. The predicted octanol–water partition coefficient (Wildman–Crippen LogP) is 2.40. The van der Waals surface area contributed by atoms with Crippen LogP contribution in [0, 0.1) is 22.0 Å². The zero-order valence-electron chi connectivity index (χ0n) is 16.0. The molecule has 1 unspecified atom stereocenters. The first-order valence-corrected chi connectivity index (χ1v) is 9.67. The SMILES string of the molecule is CCOC(=O)C1CCCN(c2ncnc(N3CCC(C)CC3)c2[N+](=O)[O-])C1. The summed E-state index contributed by atoms with van der Waals surface area (Å²) in [5, 5.41) is 11.9. The van der Waals surface area contributed by atoms with Crippen LogP contribution in [0.5, 0.6) is 0 Å². The molecule has 3 heterocycles. The van der Waals surface area contributed by atoms with E-state index >= 15 is 0 Å². The van der Waals surface area contributed by atoms with Gasteiger partial charge < -0.3 is 14.5 Å². The highest BCUT2D eigenvalue weighted by Gasteiger charge is 2.35. The van der Waals surface area contributed by atoms with Gasteiger partial charge in [0.1, 0.15) is 6.33 Å². The van der Waals surface area contributed by atoms with E-state index in [-0.39, 0.29) is 17.6 Å². The smallest absolute Gasteiger partial charge is 0.353 e. The maximum Gasteiger partial charge on any atom is 0.353 e. The maximum atomic E-state index is 12.1. The van der Waals surface area contributed by atoms with Crippen molar-refractivity contribution < 1.29 is 14.5 Å². The van der Waals surface area contributed by atoms with Crippen molar-refractivity contribution in [2.45, 2.75) is 39.5 Å². The molecule has 0 radical (unpaired) electrons. The fraction of sp³-hybridized carbons (Fsp3) is 0.722. The lowest BCUT2D eigenvalue weighted by atomic mass is 9.98. The van der Waals surface area contributed by atoms with Gasteiger partial charge in [-0.15, -0.1) is 0 Å². The number of carbonyl (C=O) groups is 1. The molecule has 148 valence electrons. The Morgan fingerprint density at radius 3 is 2.52 bits per heavy atom. The van der Waals surface area contributed by atoms with Crippen molar-refractivity contribution in [3.63, 3.8) is 0 Å². The molecule has 2 saturated heterocycles. The lowest BCUT2D eigenvalue weighted by Gasteiger charge is -2.34. The van der Waals surface area contributed by atoms with Crippen molar-refractivity contribution in [1.82, 2.24) is 9.97 Å². The minimum absolute atomic E-state index is 0.0587. The van der Waals surface area contributed by atoms with E-state index in [0.717, 1.165) is 38.8 Å². The molecule has 1 aromatic heterocycles. The van der Waals surface area contributed by atoms with Crippen LogP contribution in [-0.2, 0) is 9.53 Å². The van der Waals surface area contributed by atoms with Crippen molar-refractivity contribution in [2.24, 2.45) is 11.8 Å². The van der Waals surface area contributed by atoms with Crippen LogP contribution in [0.1, 0.15) is 39.5 Å². The summed E-state index contributed by atoms with van der Waals surface area (Å²) in [6.45, 7) is 6.83. The number of carbonyl (C=O) groups excluding carboxylic acids is 1. The molecule has 1 aromatic rings. The van der Waals surface area contributed by atoms with E-state index in [1.54, 1.807) is 6.92 Å². The van der Waals surface area contributed by atoms with Gasteiger partial charge in [-0.2, -0.15) is 0 Å². The van der Waals surface area contributed by atoms with Crippen LogP contribution in [0.25, 0.3) is 0 Å². The highest BCUT2D eigenvalue weighted by molar-refractivity contribution is 5.75. The fourth-order valence-electron chi connectivity index (χ4n) is 3.83. The Bertz CT molecular complexity index is 690. The summed E-state index contributed by atoms with van der Waals surface area (Å²) in [7, 11) is 0. The van der Waals surface area contributed by atoms with Crippen molar-refractivity contribution in [3.05, 3.63) is 16.4 Å². The number of esters is 1. The number of piperidine rings is 2. The molecule has 9 heteroatoms. The van der Waals surface area contributed by atoms with Gasteiger partial charge in [-0.3, -0.25) is 14.9 Å². The van der Waals surface area contributed by atoms with Crippen LogP contribution in [-0.4, -0.2) is 53.6 Å². The minimum Gasteiger partial charge on any atom is -0.466 e. The number of aromatic nitrogens is 2. The van der Waals surface area contributed by atoms with Gasteiger partial charge in [0.25, 0.3) is 0 Å². The number of nitro groups is 1. The third kappa shape index (κ3) is 4.28. The van der Waals surface area contributed by atoms with E-state index in [9.17, 15) is 14.9 Å². The predicted molar refractivity (Wildman–Crippen MR) is 101 cm³/mol. The van der Waals surface area contributed by atoms with Crippen LogP contribution in [0.15, 0.2) is 6.33 Å². The molecule has 2 aliphatic heterocycles. The van der Waals surface area contributed by atoms with Crippen LogP contribution in [0.2, 0.25) is 0 Å². The van der Waals surface area contributed by atoms with Crippen LogP contribution in [0.4, 0.5) is 17.3 Å². The Kier molecular flexibility index (Phi) is 6.08. The molecule has 9 nitrogen and oxygen atoms in total. The first-order valence-electron chi connectivity index (χ1n) is 9.67. The van der Waals surface area contributed by atoms with Crippen molar-refractivity contribution in [3.8, 4) is 0 Å². The summed E-state index contributed by atoms with van der Waals surface area (Å²) in [5.41, 5.74) is -0.0587. The molecule has 0 N–H and O–H groups in total. The Labute approximate surface area is 158 Å². The zero-order chi connectivity index (χ0) is 19.4. The van der Waals surface area contributed by atoms with Crippen molar-refractivity contribution in [2.75, 3.05) is 42.6 Å². The molecule has 2 fully saturated rings. The molecule has 3 rings (SSSR count). The van der Waals surface area contributed by atoms with Gasteiger partial charge in [-0.05, 0) is 38.5 Å². The van der Waals surface area contributed by atoms with Crippen molar-refractivity contribution in [1.29, 1.82) is 0 Å². The fourth-order valence-corrected chi connectivity index (χ4v) is 3.83. The highest BCUT2D eigenvalue weighted by Crippen LogP contribution is 2.37. The van der Waals surface area contributed by atoms with Gasteiger partial charge in [-0.25, -0.2) is 9.97 Å². The van der Waals surface area contributed by atoms with E-state index in [2.05, 4.69) is 16.9 Å². The summed E-state index contributed by atoms with van der Waals surface area (Å²) in [6.07, 6.45) is 4.87. The molecule has 1 atom stereocenters. The Morgan fingerprint density at radius 2 is 1.89 bits per heavy atom. The summed E-state index contributed by atoms with van der Waals surface area (Å²) in [5.74, 6) is 0.776. The maximum absolute atomic E-state index is 12.1. The normalized spacial score (nSPS) is 21.2.